The van der Waals surface area contributed by atoms with Crippen LogP contribution in [0.25, 0.3) is 0 Å². The van der Waals surface area contributed by atoms with Gasteiger partial charge >= 0.3 is 0 Å². The van der Waals surface area contributed by atoms with E-state index in [1.165, 1.54) is 18.6 Å². The smallest absolute Gasteiger partial charge is 0.240 e. The quantitative estimate of drug-likeness (QED) is 0.863. The van der Waals surface area contributed by atoms with Crippen molar-refractivity contribution in [3.05, 3.63) is 46.7 Å². The number of benzene rings is 1. The van der Waals surface area contributed by atoms with Gasteiger partial charge in [0.2, 0.25) is 16.0 Å². The van der Waals surface area contributed by atoms with Crippen LogP contribution in [-0.2, 0) is 16.6 Å². The third kappa shape index (κ3) is 4.68. The lowest BCUT2D eigenvalue weighted by Crippen LogP contribution is -2.32. The normalized spacial score (nSPS) is 15.4. The predicted octanol–water partition coefficient (Wildman–Crippen LogP) is 2.91. The van der Waals surface area contributed by atoms with Crippen LogP contribution in [0.5, 0.6) is 0 Å². The van der Waals surface area contributed by atoms with Crippen molar-refractivity contribution in [3.63, 3.8) is 0 Å². The van der Waals surface area contributed by atoms with Crippen molar-refractivity contribution in [3.8, 4) is 0 Å². The van der Waals surface area contributed by atoms with Gasteiger partial charge in [-0.2, -0.15) is 0 Å². The summed E-state index contributed by atoms with van der Waals surface area (Å²) in [6, 6.07) is 7.88. The van der Waals surface area contributed by atoms with E-state index in [4.69, 9.17) is 11.6 Å². The summed E-state index contributed by atoms with van der Waals surface area (Å²) in [7, 11) is -3.61. The molecule has 6 nitrogen and oxygen atoms in total. The summed E-state index contributed by atoms with van der Waals surface area (Å²) in [5.41, 5.74) is 1.49. The fourth-order valence-electron chi connectivity index (χ4n) is 2.81. The molecular formula is C17H21ClN4O2S. The Kier molecular flexibility index (Phi) is 5.56. The topological polar surface area (TPSA) is 75.2 Å². The molecule has 1 aromatic carbocycles. The molecule has 1 aliphatic heterocycles. The number of piperidine rings is 1. The van der Waals surface area contributed by atoms with Gasteiger partial charge in [0.15, 0.2) is 0 Å². The zero-order valence-electron chi connectivity index (χ0n) is 14.1. The molecular weight excluding hydrogens is 360 g/mol. The van der Waals surface area contributed by atoms with E-state index in [0.717, 1.165) is 31.6 Å². The number of hydrogen-bond donors (Lipinski definition) is 1. The Morgan fingerprint density at radius 2 is 1.80 bits per heavy atom. The van der Waals surface area contributed by atoms with Gasteiger partial charge in [-0.15, -0.1) is 0 Å². The maximum atomic E-state index is 12.4. The Bertz CT molecular complexity index is 834. The molecule has 0 spiro atoms. The molecule has 0 unspecified atom stereocenters. The van der Waals surface area contributed by atoms with Crippen molar-refractivity contribution in [2.24, 2.45) is 0 Å². The molecule has 0 radical (unpaired) electrons. The highest BCUT2D eigenvalue weighted by Crippen LogP contribution is 2.18. The molecule has 2 aromatic rings. The molecule has 0 saturated carbocycles. The molecule has 1 aromatic heterocycles. The number of halogens is 1. The number of aryl methyl sites for hydroxylation is 1. The van der Waals surface area contributed by atoms with Gasteiger partial charge in [0.1, 0.15) is 0 Å². The van der Waals surface area contributed by atoms with Gasteiger partial charge < -0.3 is 4.90 Å². The second kappa shape index (κ2) is 7.68. The van der Waals surface area contributed by atoms with E-state index >= 15 is 0 Å². The molecule has 134 valence electrons. The largest absolute Gasteiger partial charge is 0.341 e. The van der Waals surface area contributed by atoms with Gasteiger partial charge in [-0.3, -0.25) is 0 Å². The van der Waals surface area contributed by atoms with E-state index < -0.39 is 10.0 Å². The first kappa shape index (κ1) is 18.1. The average molecular weight is 381 g/mol. The van der Waals surface area contributed by atoms with E-state index in [0.29, 0.717) is 16.7 Å². The highest BCUT2D eigenvalue weighted by atomic mass is 35.5. The third-order valence-corrected chi connectivity index (χ3v) is 5.77. The number of rotatable bonds is 5. The highest BCUT2D eigenvalue weighted by Gasteiger charge is 2.17. The molecule has 25 heavy (non-hydrogen) atoms. The Morgan fingerprint density at radius 1 is 1.12 bits per heavy atom. The molecule has 1 saturated heterocycles. The Hall–Kier alpha value is -1.70. The molecule has 3 rings (SSSR count). The minimum absolute atomic E-state index is 0.120. The fourth-order valence-corrected chi connectivity index (χ4v) is 3.93. The number of hydrogen-bond acceptors (Lipinski definition) is 5. The van der Waals surface area contributed by atoms with E-state index in [9.17, 15) is 8.42 Å². The van der Waals surface area contributed by atoms with Gasteiger partial charge in [0, 0.05) is 23.8 Å². The fraction of sp³-hybridized carbons (Fsp3) is 0.412. The first-order valence-corrected chi connectivity index (χ1v) is 10.1. The maximum absolute atomic E-state index is 12.4. The first-order valence-electron chi connectivity index (χ1n) is 8.29. The molecule has 1 N–H and O–H groups in total. The zero-order valence-corrected chi connectivity index (χ0v) is 15.6. The lowest BCUT2D eigenvalue weighted by Gasteiger charge is -2.27. The van der Waals surface area contributed by atoms with Crippen LogP contribution in [0.15, 0.2) is 35.2 Å². The molecule has 0 amide bonds. The number of anilines is 1. The molecule has 2 heterocycles. The average Bonchev–Trinajstić information content (AvgIpc) is 2.61. The van der Waals surface area contributed by atoms with Crippen LogP contribution in [0.4, 0.5) is 5.95 Å². The standard InChI is InChI=1S/C17H21ClN4O2S/c1-13-11-15(21-17(20-13)22-9-3-2-4-10-22)12-19-25(23,24)16-7-5-14(18)6-8-16/h5-8,11,19H,2-4,9-10,12H2,1H3. The molecule has 1 aliphatic rings. The van der Waals surface area contributed by atoms with Gasteiger partial charge in [0.05, 0.1) is 17.1 Å². The van der Waals surface area contributed by atoms with Crippen molar-refractivity contribution >= 4 is 27.6 Å². The maximum Gasteiger partial charge on any atom is 0.240 e. The third-order valence-electron chi connectivity index (χ3n) is 4.10. The van der Waals surface area contributed by atoms with Crippen LogP contribution in [0.3, 0.4) is 0 Å². The summed E-state index contributed by atoms with van der Waals surface area (Å²) >= 11 is 5.81. The van der Waals surface area contributed by atoms with Crippen molar-refractivity contribution < 1.29 is 8.42 Å². The minimum atomic E-state index is -3.61. The van der Waals surface area contributed by atoms with E-state index in [1.807, 2.05) is 6.92 Å². The lowest BCUT2D eigenvalue weighted by molar-refractivity contribution is 0.565. The number of nitrogens with one attached hydrogen (secondary N) is 1. The van der Waals surface area contributed by atoms with E-state index in [1.54, 1.807) is 18.2 Å². The Balaban J connectivity index is 1.74. The van der Waals surface area contributed by atoms with Crippen molar-refractivity contribution in [2.45, 2.75) is 37.6 Å². The van der Waals surface area contributed by atoms with Crippen molar-refractivity contribution in [2.75, 3.05) is 18.0 Å². The van der Waals surface area contributed by atoms with Crippen molar-refractivity contribution in [1.82, 2.24) is 14.7 Å². The van der Waals surface area contributed by atoms with Gasteiger partial charge in [-0.05, 0) is 56.5 Å². The predicted molar refractivity (Wildman–Crippen MR) is 98.3 cm³/mol. The minimum Gasteiger partial charge on any atom is -0.341 e. The van der Waals surface area contributed by atoms with Crippen LogP contribution < -0.4 is 9.62 Å². The van der Waals surface area contributed by atoms with Crippen LogP contribution >= 0.6 is 11.6 Å². The van der Waals surface area contributed by atoms with Gasteiger partial charge in [-0.25, -0.2) is 23.1 Å². The second-order valence-corrected chi connectivity index (χ2v) is 8.33. The number of aromatic nitrogens is 2. The summed E-state index contributed by atoms with van der Waals surface area (Å²) in [5.74, 6) is 0.681. The summed E-state index contributed by atoms with van der Waals surface area (Å²) < 4.78 is 27.3. The summed E-state index contributed by atoms with van der Waals surface area (Å²) in [6.07, 6.45) is 3.50. The van der Waals surface area contributed by atoms with E-state index in [2.05, 4.69) is 19.6 Å². The number of sulfonamides is 1. The second-order valence-electron chi connectivity index (χ2n) is 6.13. The number of nitrogens with zero attached hydrogens (tertiary/aromatic N) is 3. The summed E-state index contributed by atoms with van der Waals surface area (Å²) in [5, 5.41) is 0.497. The van der Waals surface area contributed by atoms with Crippen molar-refractivity contribution in [1.29, 1.82) is 0 Å². The highest BCUT2D eigenvalue weighted by molar-refractivity contribution is 7.89. The summed E-state index contributed by atoms with van der Waals surface area (Å²) in [4.78, 5) is 11.4. The van der Waals surface area contributed by atoms with Crippen LogP contribution in [0.1, 0.15) is 30.7 Å². The molecule has 1 fully saturated rings. The monoisotopic (exact) mass is 380 g/mol. The molecule has 0 bridgehead atoms. The molecule has 0 aliphatic carbocycles. The molecule has 0 atom stereocenters. The van der Waals surface area contributed by atoms with E-state index in [-0.39, 0.29) is 11.4 Å². The van der Waals surface area contributed by atoms with Gasteiger partial charge in [-0.1, -0.05) is 11.6 Å². The Morgan fingerprint density at radius 3 is 2.48 bits per heavy atom. The molecule has 8 heteroatoms. The first-order chi connectivity index (χ1) is 11.9. The SMILES string of the molecule is Cc1cc(CNS(=O)(=O)c2ccc(Cl)cc2)nc(N2CCCCC2)n1. The van der Waals surface area contributed by atoms with Crippen LogP contribution in [0.2, 0.25) is 5.02 Å². The van der Waals surface area contributed by atoms with Crippen LogP contribution in [-0.4, -0.2) is 31.5 Å². The lowest BCUT2D eigenvalue weighted by atomic mass is 10.1. The van der Waals surface area contributed by atoms with Crippen LogP contribution in [0, 0.1) is 6.92 Å². The summed E-state index contributed by atoms with van der Waals surface area (Å²) in [6.45, 7) is 3.90. The zero-order chi connectivity index (χ0) is 17.9. The Labute approximate surface area is 153 Å². The van der Waals surface area contributed by atoms with Gasteiger partial charge in [0.25, 0.3) is 0 Å².